The average Bonchev–Trinajstić information content (AvgIpc) is 2.90. The number of nitrogens with one attached hydrogen (secondary N) is 2. The zero-order valence-electron chi connectivity index (χ0n) is 11.9. The van der Waals surface area contributed by atoms with Crippen molar-refractivity contribution in [1.82, 2.24) is 15.8 Å². The first-order valence-corrected chi connectivity index (χ1v) is 6.58. The molecule has 2 N–H and O–H groups in total. The lowest BCUT2D eigenvalue weighted by Crippen LogP contribution is -2.39. The fourth-order valence-electron chi connectivity index (χ4n) is 1.96. The van der Waals surface area contributed by atoms with Gasteiger partial charge in [0.2, 0.25) is 11.8 Å². The van der Waals surface area contributed by atoms with Crippen LogP contribution in [0.4, 0.5) is 0 Å². The first-order valence-electron chi connectivity index (χ1n) is 6.58. The van der Waals surface area contributed by atoms with Crippen LogP contribution < -0.4 is 10.6 Å². The molecule has 0 fully saturated rings. The van der Waals surface area contributed by atoms with Crippen molar-refractivity contribution >= 4 is 11.8 Å². The minimum Gasteiger partial charge on any atom is -0.361 e. The van der Waals surface area contributed by atoms with Gasteiger partial charge in [-0.1, -0.05) is 35.5 Å². The van der Waals surface area contributed by atoms with Crippen LogP contribution in [0, 0.1) is 6.92 Å². The quantitative estimate of drug-likeness (QED) is 0.863. The van der Waals surface area contributed by atoms with Crippen LogP contribution in [0.15, 0.2) is 40.9 Å². The summed E-state index contributed by atoms with van der Waals surface area (Å²) in [6.07, 6.45) is 0.0428. The van der Waals surface area contributed by atoms with Gasteiger partial charge in [0, 0.05) is 13.1 Å². The number of amides is 2. The van der Waals surface area contributed by atoms with Gasteiger partial charge in [-0.2, -0.15) is 0 Å². The number of benzene rings is 1. The van der Waals surface area contributed by atoms with E-state index in [1.165, 1.54) is 7.05 Å². The normalized spacial score (nSPS) is 11.7. The van der Waals surface area contributed by atoms with E-state index in [4.69, 9.17) is 4.52 Å². The Balaban J connectivity index is 2.08. The zero-order chi connectivity index (χ0) is 15.2. The molecule has 0 saturated carbocycles. The number of nitrogens with zero attached hydrogens (tertiary/aromatic N) is 1. The number of hydrogen-bond donors (Lipinski definition) is 2. The molecular formula is C15H17N3O3. The van der Waals surface area contributed by atoms with E-state index in [0.29, 0.717) is 11.5 Å². The highest BCUT2D eigenvalue weighted by molar-refractivity contribution is 5.89. The number of carbonyl (C=O) groups is 2. The van der Waals surface area contributed by atoms with E-state index >= 15 is 0 Å². The lowest BCUT2D eigenvalue weighted by atomic mass is 10.1. The highest BCUT2D eigenvalue weighted by atomic mass is 16.5. The zero-order valence-corrected chi connectivity index (χ0v) is 11.9. The molecule has 1 heterocycles. The van der Waals surface area contributed by atoms with Crippen molar-refractivity contribution < 1.29 is 14.1 Å². The van der Waals surface area contributed by atoms with E-state index in [9.17, 15) is 9.59 Å². The Morgan fingerprint density at radius 1 is 1.29 bits per heavy atom. The molecule has 21 heavy (non-hydrogen) atoms. The van der Waals surface area contributed by atoms with Gasteiger partial charge in [0.15, 0.2) is 0 Å². The molecule has 1 aromatic heterocycles. The van der Waals surface area contributed by atoms with E-state index < -0.39 is 6.04 Å². The van der Waals surface area contributed by atoms with Gasteiger partial charge in [-0.25, -0.2) is 0 Å². The van der Waals surface area contributed by atoms with Gasteiger partial charge >= 0.3 is 0 Å². The molecule has 0 bridgehead atoms. The number of carbonyl (C=O) groups excluding carboxylic acids is 2. The number of aryl methyl sites for hydroxylation is 1. The fourth-order valence-corrected chi connectivity index (χ4v) is 1.96. The van der Waals surface area contributed by atoms with Crippen molar-refractivity contribution in [2.45, 2.75) is 19.4 Å². The molecule has 0 radical (unpaired) electrons. The van der Waals surface area contributed by atoms with Crippen molar-refractivity contribution in [3.63, 3.8) is 0 Å². The molecule has 0 aliphatic carbocycles. The second kappa shape index (κ2) is 6.69. The molecule has 2 rings (SSSR count). The van der Waals surface area contributed by atoms with E-state index in [0.717, 1.165) is 5.56 Å². The van der Waals surface area contributed by atoms with Crippen LogP contribution in [-0.4, -0.2) is 24.0 Å². The molecule has 6 heteroatoms. The van der Waals surface area contributed by atoms with Crippen molar-refractivity contribution in [1.29, 1.82) is 0 Å². The van der Waals surface area contributed by atoms with E-state index in [2.05, 4.69) is 15.8 Å². The smallest absolute Gasteiger partial charge is 0.246 e. The molecule has 0 saturated heterocycles. The highest BCUT2D eigenvalue weighted by Crippen LogP contribution is 2.13. The first kappa shape index (κ1) is 14.8. The monoisotopic (exact) mass is 287 g/mol. The maximum absolute atomic E-state index is 12.0. The van der Waals surface area contributed by atoms with Crippen molar-refractivity contribution in [2.75, 3.05) is 7.05 Å². The molecule has 2 aromatic rings. The van der Waals surface area contributed by atoms with Gasteiger partial charge in [-0.3, -0.25) is 9.59 Å². The Morgan fingerprint density at radius 2 is 2.00 bits per heavy atom. The molecule has 1 atom stereocenters. The number of rotatable bonds is 5. The van der Waals surface area contributed by atoms with Crippen LogP contribution in [0.1, 0.15) is 23.1 Å². The largest absolute Gasteiger partial charge is 0.361 e. The number of hydrogen-bond acceptors (Lipinski definition) is 4. The summed E-state index contributed by atoms with van der Waals surface area (Å²) in [5.74, 6) is -0.111. The van der Waals surface area contributed by atoms with Crippen LogP contribution in [-0.2, 0) is 16.0 Å². The van der Waals surface area contributed by atoms with Crippen LogP contribution in [0.2, 0.25) is 0 Å². The standard InChI is InChI=1S/C15H17N3O3/c1-10-8-12(21-18-10)9-13(19)17-14(15(20)16-2)11-6-4-3-5-7-11/h3-8,14H,9H2,1-2H3,(H,16,20)(H,17,19). The summed E-state index contributed by atoms with van der Waals surface area (Å²) in [7, 11) is 1.53. The van der Waals surface area contributed by atoms with E-state index in [-0.39, 0.29) is 18.2 Å². The van der Waals surface area contributed by atoms with Gasteiger partial charge in [0.05, 0.1) is 12.1 Å². The van der Waals surface area contributed by atoms with Gasteiger partial charge < -0.3 is 15.2 Å². The van der Waals surface area contributed by atoms with E-state index in [1.54, 1.807) is 25.1 Å². The Hall–Kier alpha value is -2.63. The third-order valence-electron chi connectivity index (χ3n) is 2.96. The molecule has 1 unspecified atom stereocenters. The minimum atomic E-state index is -0.729. The lowest BCUT2D eigenvalue weighted by Gasteiger charge is -2.17. The maximum Gasteiger partial charge on any atom is 0.246 e. The fraction of sp³-hybridized carbons (Fsp3) is 0.267. The van der Waals surface area contributed by atoms with Gasteiger partial charge in [0.1, 0.15) is 11.8 Å². The van der Waals surface area contributed by atoms with Crippen LogP contribution in [0.3, 0.4) is 0 Å². The highest BCUT2D eigenvalue weighted by Gasteiger charge is 2.22. The molecule has 0 aliphatic rings. The summed E-state index contributed by atoms with van der Waals surface area (Å²) in [4.78, 5) is 24.0. The SMILES string of the molecule is CNC(=O)C(NC(=O)Cc1cc(C)no1)c1ccccc1. The molecule has 2 amide bonds. The van der Waals surface area contributed by atoms with Crippen molar-refractivity contribution in [2.24, 2.45) is 0 Å². The Labute approximate surface area is 122 Å². The molecule has 0 spiro atoms. The Bertz CT molecular complexity index is 622. The van der Waals surface area contributed by atoms with E-state index in [1.807, 2.05) is 18.2 Å². The van der Waals surface area contributed by atoms with Gasteiger partial charge in [-0.15, -0.1) is 0 Å². The Morgan fingerprint density at radius 3 is 2.57 bits per heavy atom. The Kier molecular flexibility index (Phi) is 4.71. The second-order valence-corrected chi connectivity index (χ2v) is 4.64. The second-order valence-electron chi connectivity index (χ2n) is 4.64. The minimum absolute atomic E-state index is 0.0428. The first-order chi connectivity index (χ1) is 10.1. The maximum atomic E-state index is 12.0. The van der Waals surface area contributed by atoms with Gasteiger partial charge in [0.25, 0.3) is 0 Å². The summed E-state index contributed by atoms with van der Waals surface area (Å²) in [6.45, 7) is 1.78. The van der Waals surface area contributed by atoms with Crippen molar-refractivity contribution in [3.05, 3.63) is 53.4 Å². The molecule has 6 nitrogen and oxygen atoms in total. The van der Waals surface area contributed by atoms with Crippen LogP contribution >= 0.6 is 0 Å². The molecule has 1 aromatic carbocycles. The van der Waals surface area contributed by atoms with Gasteiger partial charge in [-0.05, 0) is 12.5 Å². The summed E-state index contributed by atoms with van der Waals surface area (Å²) in [6, 6.07) is 10.0. The lowest BCUT2D eigenvalue weighted by molar-refractivity contribution is -0.128. The number of likely N-dealkylation sites (N-methyl/N-ethyl adjacent to an activating group) is 1. The molecular weight excluding hydrogens is 270 g/mol. The summed E-state index contributed by atoms with van der Waals surface area (Å²) in [5, 5.41) is 8.97. The molecule has 110 valence electrons. The van der Waals surface area contributed by atoms with Crippen molar-refractivity contribution in [3.8, 4) is 0 Å². The van der Waals surface area contributed by atoms with Crippen LogP contribution in [0.5, 0.6) is 0 Å². The third kappa shape index (κ3) is 3.92. The predicted molar refractivity (Wildman–Crippen MR) is 76.3 cm³/mol. The topological polar surface area (TPSA) is 84.2 Å². The summed E-state index contributed by atoms with van der Waals surface area (Å²) < 4.78 is 5.00. The summed E-state index contributed by atoms with van der Waals surface area (Å²) >= 11 is 0. The summed E-state index contributed by atoms with van der Waals surface area (Å²) in [5.41, 5.74) is 1.43. The number of aromatic nitrogens is 1. The predicted octanol–water partition coefficient (Wildman–Crippen LogP) is 1.13. The third-order valence-corrected chi connectivity index (χ3v) is 2.96. The average molecular weight is 287 g/mol. The van der Waals surface area contributed by atoms with Crippen LogP contribution in [0.25, 0.3) is 0 Å². The molecule has 0 aliphatic heterocycles.